The van der Waals surface area contributed by atoms with Gasteiger partial charge in [-0.1, -0.05) is 49.6 Å². The molecule has 9 heteroatoms. The van der Waals surface area contributed by atoms with Gasteiger partial charge in [0.1, 0.15) is 28.9 Å². The van der Waals surface area contributed by atoms with Gasteiger partial charge in [-0.3, -0.25) is 0 Å². The van der Waals surface area contributed by atoms with E-state index in [0.29, 0.717) is 62.1 Å². The van der Waals surface area contributed by atoms with Crippen LogP contribution in [0.3, 0.4) is 0 Å². The molecule has 288 valence electrons. The summed E-state index contributed by atoms with van der Waals surface area (Å²) in [6.07, 6.45) is 8.90. The lowest BCUT2D eigenvalue weighted by Crippen LogP contribution is -2.37. The second-order valence-electron chi connectivity index (χ2n) is 15.7. The maximum atomic E-state index is 16.5. The lowest BCUT2D eigenvalue weighted by molar-refractivity contribution is 0.122. The Morgan fingerprint density at radius 2 is 1.34 bits per heavy atom. The molecule has 0 N–H and O–H groups in total. The third-order valence-corrected chi connectivity index (χ3v) is 12.9. The molecule has 0 amide bonds. The summed E-state index contributed by atoms with van der Waals surface area (Å²) in [5.74, 6) is 1.12. The summed E-state index contributed by atoms with van der Waals surface area (Å²) in [6.45, 7) is 5.72. The van der Waals surface area contributed by atoms with Crippen LogP contribution in [-0.4, -0.2) is 66.8 Å². The lowest BCUT2D eigenvalue weighted by atomic mass is 9.66. The van der Waals surface area contributed by atoms with Crippen molar-refractivity contribution in [2.75, 3.05) is 76.6 Å². The Kier molecular flexibility index (Phi) is 8.71. The molecule has 0 radical (unpaired) electrons. The highest BCUT2D eigenvalue weighted by atomic mass is 19.1. The molecule has 0 bridgehead atoms. The van der Waals surface area contributed by atoms with Crippen LogP contribution in [0.4, 0.5) is 20.2 Å². The minimum absolute atomic E-state index is 0.476. The van der Waals surface area contributed by atoms with E-state index >= 15 is 8.78 Å². The molecule has 5 aliphatic rings. The van der Waals surface area contributed by atoms with Crippen molar-refractivity contribution in [1.29, 1.82) is 0 Å². The summed E-state index contributed by atoms with van der Waals surface area (Å²) in [5.41, 5.74) is 6.44. The maximum absolute atomic E-state index is 16.5. The average Bonchev–Trinajstić information content (AvgIpc) is 3.52. The third kappa shape index (κ3) is 5.41. The van der Waals surface area contributed by atoms with Crippen LogP contribution < -0.4 is 24.0 Å². The summed E-state index contributed by atoms with van der Waals surface area (Å²) in [5, 5.41) is 1.74. The van der Waals surface area contributed by atoms with Gasteiger partial charge in [-0.15, -0.1) is 0 Å². The molecular weight excluding hydrogens is 711 g/mol. The number of benzene rings is 5. The van der Waals surface area contributed by atoms with Crippen molar-refractivity contribution < 1.29 is 32.5 Å². The van der Waals surface area contributed by atoms with Gasteiger partial charge in [-0.05, 0) is 83.5 Å². The van der Waals surface area contributed by atoms with E-state index in [-0.39, 0.29) is 0 Å². The highest BCUT2D eigenvalue weighted by molar-refractivity contribution is 6.10. The number of nitrogens with zero attached hydrogens (tertiary/aromatic N) is 2. The molecule has 7 nitrogen and oxygen atoms in total. The fourth-order valence-electron chi connectivity index (χ4n) is 10.2. The van der Waals surface area contributed by atoms with Crippen LogP contribution in [0.2, 0.25) is 0 Å². The van der Waals surface area contributed by atoms with Crippen molar-refractivity contribution in [2.24, 2.45) is 0 Å². The van der Waals surface area contributed by atoms with E-state index in [1.54, 1.807) is 20.3 Å². The molecule has 1 unspecified atom stereocenters. The molecule has 3 aliphatic heterocycles. The Morgan fingerprint density at radius 3 is 2.00 bits per heavy atom. The van der Waals surface area contributed by atoms with Crippen molar-refractivity contribution in [2.45, 2.75) is 43.1 Å². The molecule has 0 aromatic heterocycles. The van der Waals surface area contributed by atoms with Crippen LogP contribution in [0, 0.1) is 11.6 Å². The summed E-state index contributed by atoms with van der Waals surface area (Å²) in [4.78, 5) is 4.63. The molecule has 1 spiro atoms. The normalized spacial score (nSPS) is 21.1. The predicted molar refractivity (Wildman–Crippen MR) is 216 cm³/mol. The Morgan fingerprint density at radius 1 is 0.679 bits per heavy atom. The van der Waals surface area contributed by atoms with Gasteiger partial charge in [0.25, 0.3) is 0 Å². The first-order chi connectivity index (χ1) is 27.4. The number of halogens is 2. The highest BCUT2D eigenvalue weighted by Crippen LogP contribution is 2.63. The van der Waals surface area contributed by atoms with Gasteiger partial charge in [0.15, 0.2) is 5.60 Å². The van der Waals surface area contributed by atoms with Crippen molar-refractivity contribution in [3.8, 4) is 28.4 Å². The average molecular weight is 757 g/mol. The van der Waals surface area contributed by atoms with Crippen molar-refractivity contribution in [1.82, 2.24) is 0 Å². The summed E-state index contributed by atoms with van der Waals surface area (Å²) < 4.78 is 62.7. The van der Waals surface area contributed by atoms with Gasteiger partial charge >= 0.3 is 0 Å². The van der Waals surface area contributed by atoms with Crippen LogP contribution in [-0.2, 0) is 20.5 Å². The number of morpholine rings is 2. The van der Waals surface area contributed by atoms with E-state index < -0.39 is 22.7 Å². The molecule has 3 heterocycles. The van der Waals surface area contributed by atoms with E-state index in [2.05, 4.69) is 70.5 Å². The van der Waals surface area contributed by atoms with Gasteiger partial charge in [0.2, 0.25) is 0 Å². The fourth-order valence-corrected chi connectivity index (χ4v) is 10.2. The standard InChI is InChI=1S/C47H46F2N2O5/c1-52-34-12-8-31(9-13-34)47(30-6-10-33(11-7-30)50-18-22-54-23-19-50)17-14-35-44-42(38-26-32(48)27-39(49)43(38)46(44)15-4-3-5-16-46)36-28-40(51-20-24-55-25-21-51)41(53-2)29-37(36)45(35)56-47/h6-14,17,26-29H,3-5,15-16,18-25H2,1-2H3. The van der Waals surface area contributed by atoms with Crippen LogP contribution in [0.15, 0.2) is 78.9 Å². The zero-order chi connectivity index (χ0) is 38.0. The Balaban J connectivity index is 1.25. The van der Waals surface area contributed by atoms with E-state index in [1.165, 1.54) is 0 Å². The monoisotopic (exact) mass is 756 g/mol. The van der Waals surface area contributed by atoms with Gasteiger partial charge < -0.3 is 33.5 Å². The number of hydrogen-bond donors (Lipinski definition) is 0. The van der Waals surface area contributed by atoms with Crippen molar-refractivity contribution in [3.05, 3.63) is 118 Å². The summed E-state index contributed by atoms with van der Waals surface area (Å²) >= 11 is 0. The predicted octanol–water partition coefficient (Wildman–Crippen LogP) is 9.39. The van der Waals surface area contributed by atoms with E-state index in [4.69, 9.17) is 23.7 Å². The largest absolute Gasteiger partial charge is 0.497 e. The van der Waals surface area contributed by atoms with E-state index in [9.17, 15) is 0 Å². The molecule has 5 aromatic rings. The minimum atomic E-state index is -1.03. The number of anilines is 2. The maximum Gasteiger partial charge on any atom is 0.178 e. The zero-order valence-corrected chi connectivity index (χ0v) is 32.0. The highest BCUT2D eigenvalue weighted by Gasteiger charge is 2.50. The first kappa shape index (κ1) is 35.3. The SMILES string of the molecule is COc1ccc(C2(c3ccc(N4CCOCC4)cc3)C=Cc3c4c(c5cc(N6CCOCC6)c(OC)cc5c3O2)-c2cc(F)cc(F)c2C42CCCCC2)cc1. The number of ether oxygens (including phenoxy) is 5. The van der Waals surface area contributed by atoms with Crippen LogP contribution in [0.5, 0.6) is 17.2 Å². The minimum Gasteiger partial charge on any atom is -0.497 e. The Bertz CT molecular complexity index is 2340. The first-order valence-electron chi connectivity index (χ1n) is 19.9. The molecule has 2 saturated heterocycles. The number of fused-ring (bicyclic) bond motifs is 10. The van der Waals surface area contributed by atoms with Gasteiger partial charge in [-0.2, -0.15) is 0 Å². The molecule has 10 rings (SSSR count). The number of rotatable bonds is 6. The molecule has 3 fully saturated rings. The van der Waals surface area contributed by atoms with Crippen LogP contribution >= 0.6 is 0 Å². The molecular formula is C47H46F2N2O5. The molecule has 56 heavy (non-hydrogen) atoms. The second-order valence-corrected chi connectivity index (χ2v) is 15.7. The van der Waals surface area contributed by atoms with Crippen molar-refractivity contribution in [3.63, 3.8) is 0 Å². The molecule has 1 saturated carbocycles. The topological polar surface area (TPSA) is 52.6 Å². The number of methoxy groups -OCH3 is 2. The van der Waals surface area contributed by atoms with Crippen molar-refractivity contribution >= 4 is 28.2 Å². The molecule has 5 aromatic carbocycles. The van der Waals surface area contributed by atoms with Crippen LogP contribution in [0.1, 0.15) is 59.9 Å². The smallest absolute Gasteiger partial charge is 0.178 e. The number of hydrogen-bond acceptors (Lipinski definition) is 7. The lowest BCUT2D eigenvalue weighted by Gasteiger charge is -2.41. The van der Waals surface area contributed by atoms with Gasteiger partial charge in [-0.25, -0.2) is 8.78 Å². The quantitative estimate of drug-likeness (QED) is 0.171. The first-order valence-corrected chi connectivity index (χ1v) is 19.9. The fraction of sp³-hybridized carbons (Fsp3) is 0.362. The Hall–Kier alpha value is -5.12. The van der Waals surface area contributed by atoms with Crippen LogP contribution in [0.25, 0.3) is 28.0 Å². The Labute approximate surface area is 326 Å². The van der Waals surface area contributed by atoms with E-state index in [1.807, 2.05) is 12.1 Å². The van der Waals surface area contributed by atoms with Gasteiger partial charge in [0.05, 0.1) is 46.3 Å². The third-order valence-electron chi connectivity index (χ3n) is 12.9. The summed E-state index contributed by atoms with van der Waals surface area (Å²) in [7, 11) is 3.36. The molecule has 1 atom stereocenters. The summed E-state index contributed by atoms with van der Waals surface area (Å²) in [6, 6.07) is 23.6. The molecule has 2 aliphatic carbocycles. The van der Waals surface area contributed by atoms with E-state index in [0.717, 1.165) is 107 Å². The van der Waals surface area contributed by atoms with Gasteiger partial charge in [0, 0.05) is 71.0 Å². The zero-order valence-electron chi connectivity index (χ0n) is 32.0. The second kappa shape index (κ2) is 13.8.